The van der Waals surface area contributed by atoms with E-state index in [1.807, 2.05) is 13.8 Å². The van der Waals surface area contributed by atoms with E-state index in [0.717, 1.165) is 19.3 Å². The maximum atomic E-state index is 12.0. The highest BCUT2D eigenvalue weighted by Crippen LogP contribution is 2.23. The summed E-state index contributed by atoms with van der Waals surface area (Å²) in [5.74, 6) is 0.643. The molecular formula is C11H22F3N. The Morgan fingerprint density at radius 3 is 1.93 bits per heavy atom. The molecule has 1 saturated heterocycles. The van der Waals surface area contributed by atoms with Crippen molar-refractivity contribution in [3.8, 4) is 0 Å². The lowest BCUT2D eigenvalue weighted by Crippen LogP contribution is -2.39. The molecule has 15 heavy (non-hydrogen) atoms. The second-order valence-electron chi connectivity index (χ2n) is 3.74. The molecule has 1 aliphatic rings. The predicted molar refractivity (Wildman–Crippen MR) is 56.9 cm³/mol. The summed E-state index contributed by atoms with van der Waals surface area (Å²) in [4.78, 5) is 1.51. The van der Waals surface area contributed by atoms with Crippen molar-refractivity contribution in [2.45, 2.75) is 46.2 Å². The quantitative estimate of drug-likeness (QED) is 0.692. The first-order valence-electron chi connectivity index (χ1n) is 5.80. The maximum absolute atomic E-state index is 12.0. The van der Waals surface area contributed by atoms with Gasteiger partial charge >= 0.3 is 6.18 Å². The second kappa shape index (κ2) is 7.09. The van der Waals surface area contributed by atoms with E-state index < -0.39 is 12.7 Å². The molecule has 0 radical (unpaired) electrons. The van der Waals surface area contributed by atoms with E-state index in [0.29, 0.717) is 19.0 Å². The highest BCUT2D eigenvalue weighted by Gasteiger charge is 2.32. The summed E-state index contributed by atoms with van der Waals surface area (Å²) in [5.41, 5.74) is 0. The summed E-state index contributed by atoms with van der Waals surface area (Å²) in [5, 5.41) is 0. The van der Waals surface area contributed by atoms with E-state index in [1.54, 1.807) is 0 Å². The fourth-order valence-corrected chi connectivity index (χ4v) is 1.81. The zero-order chi connectivity index (χ0) is 11.9. The van der Waals surface area contributed by atoms with Crippen LogP contribution < -0.4 is 0 Å². The van der Waals surface area contributed by atoms with Gasteiger partial charge in [0.15, 0.2) is 0 Å². The molecule has 1 nitrogen and oxygen atoms in total. The number of likely N-dealkylation sites (tertiary alicyclic amines) is 1. The second-order valence-corrected chi connectivity index (χ2v) is 3.74. The third-order valence-corrected chi connectivity index (χ3v) is 2.69. The number of nitrogens with zero attached hydrogens (tertiary/aromatic N) is 1. The number of alkyl halides is 3. The van der Waals surface area contributed by atoms with E-state index in [9.17, 15) is 13.2 Å². The summed E-state index contributed by atoms with van der Waals surface area (Å²) < 4.78 is 35.9. The molecule has 0 aromatic heterocycles. The summed E-state index contributed by atoms with van der Waals surface area (Å²) >= 11 is 0. The van der Waals surface area contributed by atoms with Gasteiger partial charge < -0.3 is 0 Å². The number of halogens is 3. The van der Waals surface area contributed by atoms with E-state index in [4.69, 9.17) is 0 Å². The average Bonchev–Trinajstić information content (AvgIpc) is 2.20. The van der Waals surface area contributed by atoms with Crippen molar-refractivity contribution in [1.82, 2.24) is 4.90 Å². The van der Waals surface area contributed by atoms with Crippen LogP contribution in [-0.4, -0.2) is 30.7 Å². The van der Waals surface area contributed by atoms with Crippen molar-refractivity contribution in [1.29, 1.82) is 0 Å². The molecule has 92 valence electrons. The van der Waals surface area contributed by atoms with Crippen LogP contribution in [0.5, 0.6) is 0 Å². The van der Waals surface area contributed by atoms with Gasteiger partial charge in [-0.25, -0.2) is 0 Å². The van der Waals surface area contributed by atoms with Crippen molar-refractivity contribution in [3.63, 3.8) is 0 Å². The van der Waals surface area contributed by atoms with E-state index in [2.05, 4.69) is 6.92 Å². The zero-order valence-corrected chi connectivity index (χ0v) is 9.90. The Morgan fingerprint density at radius 2 is 1.60 bits per heavy atom. The lowest BCUT2D eigenvalue weighted by Gasteiger charge is -2.31. The van der Waals surface area contributed by atoms with Crippen LogP contribution in [0.4, 0.5) is 13.2 Å². The van der Waals surface area contributed by atoms with Gasteiger partial charge in [-0.15, -0.1) is 0 Å². The third-order valence-electron chi connectivity index (χ3n) is 2.69. The monoisotopic (exact) mass is 225 g/mol. The molecule has 0 spiro atoms. The molecule has 0 unspecified atom stereocenters. The zero-order valence-electron chi connectivity index (χ0n) is 9.90. The van der Waals surface area contributed by atoms with Crippen molar-refractivity contribution >= 4 is 0 Å². The number of piperidine rings is 1. The molecule has 0 N–H and O–H groups in total. The van der Waals surface area contributed by atoms with Gasteiger partial charge in [-0.05, 0) is 31.8 Å². The molecule has 0 atom stereocenters. The topological polar surface area (TPSA) is 3.24 Å². The highest BCUT2D eigenvalue weighted by atomic mass is 19.4. The Morgan fingerprint density at radius 1 is 1.13 bits per heavy atom. The van der Waals surface area contributed by atoms with Gasteiger partial charge in [-0.1, -0.05) is 27.2 Å². The Bertz CT molecular complexity index is 148. The number of hydrogen-bond donors (Lipinski definition) is 0. The number of rotatable bonds is 2. The molecule has 0 aliphatic carbocycles. The Hall–Kier alpha value is -0.250. The standard InChI is InChI=1S/C9H16F3N.C2H6/c1-2-8-3-5-13(6-4-8)7-9(10,11)12;1-2/h8H,2-7H2,1H3;1-2H3. The molecule has 0 saturated carbocycles. The minimum absolute atomic E-state index is 0.609. The van der Waals surface area contributed by atoms with Gasteiger partial charge in [0.1, 0.15) is 0 Å². The molecule has 1 rings (SSSR count). The number of hydrogen-bond acceptors (Lipinski definition) is 1. The van der Waals surface area contributed by atoms with Crippen LogP contribution in [-0.2, 0) is 0 Å². The van der Waals surface area contributed by atoms with E-state index >= 15 is 0 Å². The molecular weight excluding hydrogens is 203 g/mol. The molecule has 0 aromatic carbocycles. The third kappa shape index (κ3) is 6.77. The van der Waals surface area contributed by atoms with E-state index in [1.165, 1.54) is 4.90 Å². The van der Waals surface area contributed by atoms with Crippen LogP contribution in [0.3, 0.4) is 0 Å². The van der Waals surface area contributed by atoms with Crippen molar-refractivity contribution < 1.29 is 13.2 Å². The fraction of sp³-hybridized carbons (Fsp3) is 1.00. The maximum Gasteiger partial charge on any atom is 0.401 e. The molecule has 4 heteroatoms. The van der Waals surface area contributed by atoms with Gasteiger partial charge in [-0.3, -0.25) is 4.90 Å². The van der Waals surface area contributed by atoms with Gasteiger partial charge in [0, 0.05) is 0 Å². The Balaban J connectivity index is 0.000000921. The van der Waals surface area contributed by atoms with Crippen LogP contribution in [0.15, 0.2) is 0 Å². The average molecular weight is 225 g/mol. The summed E-state index contributed by atoms with van der Waals surface area (Å²) in [7, 11) is 0. The van der Waals surface area contributed by atoms with Crippen molar-refractivity contribution in [2.75, 3.05) is 19.6 Å². The largest absolute Gasteiger partial charge is 0.401 e. The van der Waals surface area contributed by atoms with E-state index in [-0.39, 0.29) is 0 Å². The Labute approximate surface area is 90.6 Å². The summed E-state index contributed by atoms with van der Waals surface area (Å²) in [6.45, 7) is 6.59. The van der Waals surface area contributed by atoms with Gasteiger partial charge in [0.2, 0.25) is 0 Å². The van der Waals surface area contributed by atoms with Gasteiger partial charge in [0.25, 0.3) is 0 Å². The normalized spacial score (nSPS) is 19.6. The minimum Gasteiger partial charge on any atom is -0.295 e. The lowest BCUT2D eigenvalue weighted by molar-refractivity contribution is -0.148. The Kier molecular flexibility index (Phi) is 6.98. The van der Waals surface area contributed by atoms with Crippen molar-refractivity contribution in [3.05, 3.63) is 0 Å². The van der Waals surface area contributed by atoms with Crippen LogP contribution in [0.25, 0.3) is 0 Å². The molecule has 1 fully saturated rings. The minimum atomic E-state index is -4.03. The first kappa shape index (κ1) is 14.8. The first-order valence-corrected chi connectivity index (χ1v) is 5.80. The highest BCUT2D eigenvalue weighted by molar-refractivity contribution is 4.73. The summed E-state index contributed by atoms with van der Waals surface area (Å²) in [6, 6.07) is 0. The van der Waals surface area contributed by atoms with Crippen LogP contribution in [0.1, 0.15) is 40.0 Å². The smallest absolute Gasteiger partial charge is 0.295 e. The molecule has 0 amide bonds. The lowest BCUT2D eigenvalue weighted by atomic mass is 9.94. The predicted octanol–water partition coefficient (Wildman–Crippen LogP) is 3.70. The van der Waals surface area contributed by atoms with Crippen LogP contribution >= 0.6 is 0 Å². The summed E-state index contributed by atoms with van der Waals surface area (Å²) in [6.07, 6.45) is -1.09. The van der Waals surface area contributed by atoms with Gasteiger partial charge in [-0.2, -0.15) is 13.2 Å². The SMILES string of the molecule is CC.CCC1CCN(CC(F)(F)F)CC1. The van der Waals surface area contributed by atoms with Crippen LogP contribution in [0, 0.1) is 5.92 Å². The van der Waals surface area contributed by atoms with Crippen LogP contribution in [0.2, 0.25) is 0 Å². The molecule has 1 aliphatic heterocycles. The van der Waals surface area contributed by atoms with Crippen molar-refractivity contribution in [2.24, 2.45) is 5.92 Å². The molecule has 1 heterocycles. The molecule has 0 aromatic rings. The van der Waals surface area contributed by atoms with Gasteiger partial charge in [0.05, 0.1) is 6.54 Å². The first-order chi connectivity index (χ1) is 7.01. The molecule has 0 bridgehead atoms. The fourth-order valence-electron chi connectivity index (χ4n) is 1.81.